The van der Waals surface area contributed by atoms with Gasteiger partial charge in [-0.15, -0.1) is 0 Å². The number of halogens is 1. The van der Waals surface area contributed by atoms with Gasteiger partial charge >= 0.3 is 0 Å². The van der Waals surface area contributed by atoms with E-state index in [0.717, 1.165) is 5.56 Å². The Morgan fingerprint density at radius 3 is 2.60 bits per heavy atom. The van der Waals surface area contributed by atoms with Gasteiger partial charge in [0.2, 0.25) is 5.91 Å². The number of hydrogen-bond acceptors (Lipinski definition) is 3. The lowest BCUT2D eigenvalue weighted by Crippen LogP contribution is -2.15. The van der Waals surface area contributed by atoms with E-state index in [1.54, 1.807) is 10.7 Å². The summed E-state index contributed by atoms with van der Waals surface area (Å²) in [6.45, 7) is 0.854. The highest BCUT2D eigenvalue weighted by Crippen LogP contribution is 2.11. The van der Waals surface area contributed by atoms with Crippen LogP contribution in [0.5, 0.6) is 5.75 Å². The van der Waals surface area contributed by atoms with Gasteiger partial charge in [-0.05, 0) is 29.8 Å². The zero-order valence-electron chi connectivity index (χ0n) is 13.6. The van der Waals surface area contributed by atoms with Crippen LogP contribution in [-0.2, 0) is 11.3 Å². The van der Waals surface area contributed by atoms with Gasteiger partial charge in [0.15, 0.2) is 5.82 Å². The number of amides is 1. The third-order valence-electron chi connectivity index (χ3n) is 3.51. The standard InChI is InChI=1S/C19H18FN3O2/c20-16-6-8-17(9-7-16)25-13-11-19(24)21-18-10-12-23(22-18)14-15-4-2-1-3-5-15/h1-10,12H,11,13-14H2,(H,21,22,24). The Hall–Kier alpha value is -3.15. The number of carbonyl (C=O) groups is 1. The Labute approximate surface area is 145 Å². The highest BCUT2D eigenvalue weighted by molar-refractivity contribution is 5.89. The molecule has 1 N–H and O–H groups in total. The van der Waals surface area contributed by atoms with Gasteiger partial charge in [0.1, 0.15) is 11.6 Å². The molecule has 3 aromatic rings. The van der Waals surface area contributed by atoms with Crippen LogP contribution < -0.4 is 10.1 Å². The maximum absolute atomic E-state index is 12.8. The fourth-order valence-corrected chi connectivity index (χ4v) is 2.28. The number of rotatable bonds is 7. The van der Waals surface area contributed by atoms with Gasteiger partial charge in [-0.1, -0.05) is 30.3 Å². The van der Waals surface area contributed by atoms with Crippen LogP contribution >= 0.6 is 0 Å². The molecule has 0 unspecified atom stereocenters. The van der Waals surface area contributed by atoms with Gasteiger partial charge in [0, 0.05) is 12.3 Å². The van der Waals surface area contributed by atoms with Crippen molar-refractivity contribution in [3.05, 3.63) is 78.2 Å². The average Bonchev–Trinajstić information content (AvgIpc) is 3.04. The van der Waals surface area contributed by atoms with E-state index in [4.69, 9.17) is 4.74 Å². The first kappa shape index (κ1) is 16.7. The Morgan fingerprint density at radius 2 is 1.84 bits per heavy atom. The molecule has 0 aliphatic heterocycles. The van der Waals surface area contributed by atoms with E-state index in [1.807, 2.05) is 36.5 Å². The Balaban J connectivity index is 1.44. The molecule has 3 rings (SSSR count). The molecule has 2 aromatic carbocycles. The SMILES string of the molecule is O=C(CCOc1ccc(F)cc1)Nc1ccn(Cc2ccccc2)n1. The summed E-state index contributed by atoms with van der Waals surface area (Å²) in [6.07, 6.45) is 2.00. The molecule has 6 heteroatoms. The lowest BCUT2D eigenvalue weighted by molar-refractivity contribution is -0.116. The Bertz CT molecular complexity index is 816. The van der Waals surface area contributed by atoms with Crippen LogP contribution in [0.3, 0.4) is 0 Å². The summed E-state index contributed by atoms with van der Waals surface area (Å²) < 4.78 is 20.0. The number of hydrogen-bond donors (Lipinski definition) is 1. The van der Waals surface area contributed by atoms with Crippen molar-refractivity contribution in [3.63, 3.8) is 0 Å². The maximum atomic E-state index is 12.8. The van der Waals surface area contributed by atoms with E-state index in [2.05, 4.69) is 10.4 Å². The van der Waals surface area contributed by atoms with Gasteiger partial charge in [-0.25, -0.2) is 4.39 Å². The number of anilines is 1. The maximum Gasteiger partial charge on any atom is 0.229 e. The zero-order chi connectivity index (χ0) is 17.5. The molecule has 0 aliphatic rings. The molecule has 0 atom stereocenters. The molecule has 1 aromatic heterocycles. The molecule has 0 saturated heterocycles. The largest absolute Gasteiger partial charge is 0.493 e. The smallest absolute Gasteiger partial charge is 0.229 e. The molecule has 0 bridgehead atoms. The Kier molecular flexibility index (Phi) is 5.41. The number of ether oxygens (including phenoxy) is 1. The lowest BCUT2D eigenvalue weighted by atomic mass is 10.2. The van der Waals surface area contributed by atoms with Gasteiger partial charge in [0.25, 0.3) is 0 Å². The van der Waals surface area contributed by atoms with Crippen molar-refractivity contribution in [2.24, 2.45) is 0 Å². The zero-order valence-corrected chi connectivity index (χ0v) is 13.6. The average molecular weight is 339 g/mol. The third kappa shape index (κ3) is 5.17. The quantitative estimate of drug-likeness (QED) is 0.717. The normalized spacial score (nSPS) is 10.4. The van der Waals surface area contributed by atoms with Crippen LogP contribution in [0.15, 0.2) is 66.9 Å². The fraction of sp³-hybridized carbons (Fsp3) is 0.158. The van der Waals surface area contributed by atoms with Crippen molar-refractivity contribution in [2.45, 2.75) is 13.0 Å². The van der Waals surface area contributed by atoms with Crippen LogP contribution in [0.2, 0.25) is 0 Å². The van der Waals surface area contributed by atoms with Crippen LogP contribution in [0.1, 0.15) is 12.0 Å². The van der Waals surface area contributed by atoms with Crippen molar-refractivity contribution < 1.29 is 13.9 Å². The van der Waals surface area contributed by atoms with E-state index in [-0.39, 0.29) is 24.8 Å². The van der Waals surface area contributed by atoms with Gasteiger partial charge < -0.3 is 10.1 Å². The minimum Gasteiger partial charge on any atom is -0.493 e. The fourth-order valence-electron chi connectivity index (χ4n) is 2.28. The second-order valence-electron chi connectivity index (χ2n) is 5.48. The highest BCUT2D eigenvalue weighted by Gasteiger charge is 2.06. The van der Waals surface area contributed by atoms with E-state index in [9.17, 15) is 9.18 Å². The molecule has 0 saturated carbocycles. The molecule has 0 fully saturated rings. The molecule has 1 heterocycles. The summed E-state index contributed by atoms with van der Waals surface area (Å²) >= 11 is 0. The number of benzene rings is 2. The highest BCUT2D eigenvalue weighted by atomic mass is 19.1. The molecule has 128 valence electrons. The molecular weight excluding hydrogens is 321 g/mol. The van der Waals surface area contributed by atoms with E-state index >= 15 is 0 Å². The monoisotopic (exact) mass is 339 g/mol. The minimum atomic E-state index is -0.323. The van der Waals surface area contributed by atoms with Crippen molar-refractivity contribution in [1.82, 2.24) is 9.78 Å². The summed E-state index contributed by atoms with van der Waals surface area (Å²) in [5, 5.41) is 7.06. The second kappa shape index (κ2) is 8.10. The number of carbonyl (C=O) groups excluding carboxylic acids is 1. The van der Waals surface area contributed by atoms with Crippen LogP contribution in [0, 0.1) is 5.82 Å². The summed E-state index contributed by atoms with van der Waals surface area (Å²) in [5.41, 5.74) is 1.14. The molecule has 25 heavy (non-hydrogen) atoms. The van der Waals surface area contributed by atoms with E-state index in [0.29, 0.717) is 18.1 Å². The molecule has 1 amide bonds. The second-order valence-corrected chi connectivity index (χ2v) is 5.48. The van der Waals surface area contributed by atoms with Crippen molar-refractivity contribution in [3.8, 4) is 5.75 Å². The van der Waals surface area contributed by atoms with Crippen LogP contribution in [0.4, 0.5) is 10.2 Å². The van der Waals surface area contributed by atoms with Gasteiger partial charge in [-0.3, -0.25) is 9.48 Å². The summed E-state index contributed by atoms with van der Waals surface area (Å²) in [4.78, 5) is 11.9. The summed E-state index contributed by atoms with van der Waals surface area (Å²) in [7, 11) is 0. The van der Waals surface area contributed by atoms with Gasteiger partial charge in [-0.2, -0.15) is 5.10 Å². The summed E-state index contributed by atoms with van der Waals surface area (Å²) in [6, 6.07) is 17.4. The molecular formula is C19H18FN3O2. The minimum absolute atomic E-state index is 0.183. The predicted molar refractivity (Wildman–Crippen MR) is 92.9 cm³/mol. The van der Waals surface area contributed by atoms with Gasteiger partial charge in [0.05, 0.1) is 19.6 Å². The third-order valence-corrected chi connectivity index (χ3v) is 3.51. The van der Waals surface area contributed by atoms with Crippen LogP contribution in [-0.4, -0.2) is 22.3 Å². The van der Waals surface area contributed by atoms with Crippen molar-refractivity contribution in [1.29, 1.82) is 0 Å². The van der Waals surface area contributed by atoms with Crippen molar-refractivity contribution >= 4 is 11.7 Å². The first-order chi connectivity index (χ1) is 12.2. The molecule has 5 nitrogen and oxygen atoms in total. The first-order valence-electron chi connectivity index (χ1n) is 7.95. The number of nitrogens with one attached hydrogen (secondary N) is 1. The lowest BCUT2D eigenvalue weighted by Gasteiger charge is -2.06. The summed E-state index contributed by atoms with van der Waals surface area (Å²) in [5.74, 6) is 0.521. The van der Waals surface area contributed by atoms with E-state index in [1.165, 1.54) is 24.3 Å². The molecule has 0 aliphatic carbocycles. The molecule has 0 radical (unpaired) electrons. The molecule has 0 spiro atoms. The first-order valence-corrected chi connectivity index (χ1v) is 7.95. The Morgan fingerprint density at radius 1 is 1.08 bits per heavy atom. The predicted octanol–water partition coefficient (Wildman–Crippen LogP) is 3.48. The van der Waals surface area contributed by atoms with Crippen LogP contribution in [0.25, 0.3) is 0 Å². The topological polar surface area (TPSA) is 56.1 Å². The number of nitrogens with zero attached hydrogens (tertiary/aromatic N) is 2. The van der Waals surface area contributed by atoms with E-state index < -0.39 is 0 Å². The number of aromatic nitrogens is 2. The van der Waals surface area contributed by atoms with Crippen molar-refractivity contribution in [2.75, 3.05) is 11.9 Å².